The molecule has 0 amide bonds. The lowest BCUT2D eigenvalue weighted by Gasteiger charge is -2.28. The van der Waals surface area contributed by atoms with Gasteiger partial charge in [0.1, 0.15) is 18.0 Å². The summed E-state index contributed by atoms with van der Waals surface area (Å²) in [7, 11) is 0. The van der Waals surface area contributed by atoms with Crippen LogP contribution in [0.3, 0.4) is 0 Å². The van der Waals surface area contributed by atoms with Crippen LogP contribution in [0, 0.1) is 11.8 Å². The molecule has 2 saturated heterocycles. The Kier molecular flexibility index (Phi) is 4.75. The minimum absolute atomic E-state index is 0.203. The average Bonchev–Trinajstić information content (AvgIpc) is 3.02. The van der Waals surface area contributed by atoms with Crippen molar-refractivity contribution in [1.29, 1.82) is 0 Å². The van der Waals surface area contributed by atoms with Gasteiger partial charge in [0.05, 0.1) is 11.8 Å². The molecule has 1 N–H and O–H groups in total. The number of nitrogens with zero attached hydrogens (tertiary/aromatic N) is 4. The number of thioether (sulfide) groups is 1. The first-order valence-electron chi connectivity index (χ1n) is 7.55. The third-order valence-corrected chi connectivity index (χ3v) is 5.30. The third kappa shape index (κ3) is 3.52. The largest absolute Gasteiger partial charge is 0.481 e. The Balaban J connectivity index is 1.80. The summed E-state index contributed by atoms with van der Waals surface area (Å²) in [6.07, 6.45) is -3.22. The normalized spacial score (nSPS) is 25.1. The Labute approximate surface area is 141 Å². The fourth-order valence-corrected chi connectivity index (χ4v) is 3.95. The molecular weight excluding hydrogens is 345 g/mol. The number of aliphatic carboxylic acids is 1. The van der Waals surface area contributed by atoms with E-state index >= 15 is 0 Å². The summed E-state index contributed by atoms with van der Waals surface area (Å²) >= 11 is 1.84. The van der Waals surface area contributed by atoms with Crippen LogP contribution in [0.15, 0.2) is 12.4 Å². The van der Waals surface area contributed by atoms with Crippen molar-refractivity contribution in [2.45, 2.75) is 6.18 Å². The lowest BCUT2D eigenvalue weighted by Crippen LogP contribution is -2.34. The molecule has 10 heteroatoms. The van der Waals surface area contributed by atoms with Crippen LogP contribution in [0.5, 0.6) is 0 Å². The Morgan fingerprint density at radius 1 is 1.17 bits per heavy atom. The zero-order chi connectivity index (χ0) is 17.3. The number of hydrogen-bond donors (Lipinski definition) is 1. The Morgan fingerprint density at radius 3 is 2.33 bits per heavy atom. The fraction of sp³-hybridized carbons (Fsp3) is 0.643. The summed E-state index contributed by atoms with van der Waals surface area (Å²) in [6.45, 7) is 1.05. The quantitative estimate of drug-likeness (QED) is 0.878. The van der Waals surface area contributed by atoms with Gasteiger partial charge in [-0.1, -0.05) is 0 Å². The van der Waals surface area contributed by atoms with Crippen molar-refractivity contribution in [1.82, 2.24) is 9.97 Å². The standard InChI is InChI=1S/C14H17F3N4O2S/c15-14(16,17)10-7-21(6-9(10)13(22)23)12-5-11(18-8-19-12)20-1-3-24-4-2-20/h5,8-10H,1-4,6-7H2,(H,22,23)/t9-,10-/m1/s1. The van der Waals surface area contributed by atoms with Crippen molar-refractivity contribution < 1.29 is 23.1 Å². The van der Waals surface area contributed by atoms with Gasteiger partial charge in [-0.25, -0.2) is 9.97 Å². The van der Waals surface area contributed by atoms with Crippen molar-refractivity contribution >= 4 is 29.4 Å². The van der Waals surface area contributed by atoms with Crippen LogP contribution in [0.1, 0.15) is 0 Å². The van der Waals surface area contributed by atoms with Gasteiger partial charge in [0.2, 0.25) is 0 Å². The minimum Gasteiger partial charge on any atom is -0.481 e. The summed E-state index contributed by atoms with van der Waals surface area (Å²) in [5, 5.41) is 9.10. The van der Waals surface area contributed by atoms with Crippen LogP contribution < -0.4 is 9.80 Å². The van der Waals surface area contributed by atoms with Gasteiger partial charge in [-0.3, -0.25) is 4.79 Å². The van der Waals surface area contributed by atoms with E-state index in [2.05, 4.69) is 14.9 Å². The molecule has 0 spiro atoms. The molecule has 0 aromatic carbocycles. The summed E-state index contributed by atoms with van der Waals surface area (Å²) in [4.78, 5) is 22.9. The number of hydrogen-bond acceptors (Lipinski definition) is 6. The highest BCUT2D eigenvalue weighted by molar-refractivity contribution is 7.99. The Hall–Kier alpha value is -1.71. The molecule has 2 aliphatic heterocycles. The van der Waals surface area contributed by atoms with Crippen LogP contribution in [0.4, 0.5) is 24.8 Å². The van der Waals surface area contributed by atoms with Gasteiger partial charge in [-0.2, -0.15) is 24.9 Å². The molecule has 6 nitrogen and oxygen atoms in total. The van der Waals surface area contributed by atoms with E-state index in [4.69, 9.17) is 5.11 Å². The van der Waals surface area contributed by atoms with Crippen LogP contribution in [-0.2, 0) is 4.79 Å². The van der Waals surface area contributed by atoms with E-state index in [1.54, 1.807) is 6.07 Å². The zero-order valence-corrected chi connectivity index (χ0v) is 13.6. The van der Waals surface area contributed by atoms with Crippen LogP contribution in [0.2, 0.25) is 0 Å². The highest BCUT2D eigenvalue weighted by Gasteiger charge is 2.52. The monoisotopic (exact) mass is 362 g/mol. The number of rotatable bonds is 3. The number of carbonyl (C=O) groups is 1. The molecule has 2 atom stereocenters. The lowest BCUT2D eigenvalue weighted by atomic mass is 9.96. The Morgan fingerprint density at radius 2 is 1.79 bits per heavy atom. The maximum atomic E-state index is 13.1. The molecule has 0 unspecified atom stereocenters. The predicted molar refractivity (Wildman–Crippen MR) is 84.5 cm³/mol. The smallest absolute Gasteiger partial charge is 0.394 e. The van der Waals surface area contributed by atoms with Crippen molar-refractivity contribution in [3.63, 3.8) is 0 Å². The highest BCUT2D eigenvalue weighted by atomic mass is 32.2. The lowest BCUT2D eigenvalue weighted by molar-refractivity contribution is -0.187. The summed E-state index contributed by atoms with van der Waals surface area (Å²) in [5.41, 5.74) is 0. The first kappa shape index (κ1) is 17.1. The number of alkyl halides is 3. The van der Waals surface area contributed by atoms with E-state index in [1.807, 2.05) is 11.8 Å². The molecule has 0 aliphatic carbocycles. The number of carboxylic acids is 1. The molecule has 3 heterocycles. The molecule has 0 saturated carbocycles. The van der Waals surface area contributed by atoms with E-state index in [-0.39, 0.29) is 6.54 Å². The van der Waals surface area contributed by atoms with Gasteiger partial charge < -0.3 is 14.9 Å². The molecular formula is C14H17F3N4O2S. The molecule has 0 bridgehead atoms. The number of halogens is 3. The molecule has 1 aromatic heterocycles. The Bertz CT molecular complexity index is 610. The van der Waals surface area contributed by atoms with Gasteiger partial charge in [0.25, 0.3) is 0 Å². The van der Waals surface area contributed by atoms with Crippen LogP contribution in [0.25, 0.3) is 0 Å². The summed E-state index contributed by atoms with van der Waals surface area (Å²) in [6, 6.07) is 1.65. The van der Waals surface area contributed by atoms with E-state index < -0.39 is 30.5 Å². The van der Waals surface area contributed by atoms with Gasteiger partial charge in [-0.15, -0.1) is 0 Å². The topological polar surface area (TPSA) is 69.6 Å². The first-order valence-corrected chi connectivity index (χ1v) is 8.71. The van der Waals surface area contributed by atoms with E-state index in [0.717, 1.165) is 24.6 Å². The van der Waals surface area contributed by atoms with E-state index in [9.17, 15) is 18.0 Å². The minimum atomic E-state index is -4.54. The predicted octanol–water partition coefficient (Wildman–Crippen LogP) is 1.73. The van der Waals surface area contributed by atoms with Gasteiger partial charge >= 0.3 is 12.1 Å². The number of carboxylic acid groups (broad SMARTS) is 1. The second-order valence-electron chi connectivity index (χ2n) is 5.83. The zero-order valence-electron chi connectivity index (χ0n) is 12.7. The maximum Gasteiger partial charge on any atom is 0.394 e. The average molecular weight is 362 g/mol. The molecule has 132 valence electrons. The molecule has 1 aromatic rings. The SMILES string of the molecule is O=C(O)[C@@H]1CN(c2cc(N3CCSCC3)ncn2)C[C@H]1C(F)(F)F. The molecule has 2 fully saturated rings. The number of anilines is 2. The van der Waals surface area contributed by atoms with E-state index in [0.29, 0.717) is 11.6 Å². The van der Waals surface area contributed by atoms with Crippen LogP contribution in [-0.4, -0.2) is 64.9 Å². The third-order valence-electron chi connectivity index (χ3n) is 4.35. The molecule has 2 aliphatic rings. The van der Waals surface area contributed by atoms with Crippen molar-refractivity contribution in [2.24, 2.45) is 11.8 Å². The van der Waals surface area contributed by atoms with Crippen molar-refractivity contribution in [3.05, 3.63) is 12.4 Å². The van der Waals surface area contributed by atoms with Gasteiger partial charge in [0.15, 0.2) is 0 Å². The second kappa shape index (κ2) is 6.66. The van der Waals surface area contributed by atoms with Gasteiger partial charge in [0, 0.05) is 43.8 Å². The summed E-state index contributed by atoms with van der Waals surface area (Å²) in [5.74, 6) is -1.84. The fourth-order valence-electron chi connectivity index (χ4n) is 3.05. The van der Waals surface area contributed by atoms with Crippen LogP contribution >= 0.6 is 11.8 Å². The molecule has 24 heavy (non-hydrogen) atoms. The van der Waals surface area contributed by atoms with Crippen molar-refractivity contribution in [2.75, 3.05) is 47.5 Å². The van der Waals surface area contributed by atoms with E-state index in [1.165, 1.54) is 11.2 Å². The van der Waals surface area contributed by atoms with Gasteiger partial charge in [-0.05, 0) is 0 Å². The molecule has 3 rings (SSSR count). The van der Waals surface area contributed by atoms with Crippen molar-refractivity contribution in [3.8, 4) is 0 Å². The maximum absolute atomic E-state index is 13.1. The first-order chi connectivity index (χ1) is 11.4. The highest BCUT2D eigenvalue weighted by Crippen LogP contribution is 2.39. The second-order valence-corrected chi connectivity index (χ2v) is 7.06. The number of aromatic nitrogens is 2. The summed E-state index contributed by atoms with van der Waals surface area (Å²) < 4.78 is 39.3. The molecule has 0 radical (unpaired) electrons.